The number of hydrogen-bond acceptors (Lipinski definition) is 6. The van der Waals surface area contributed by atoms with Gasteiger partial charge < -0.3 is 4.90 Å². The van der Waals surface area contributed by atoms with Crippen LogP contribution < -0.4 is 9.62 Å². The Morgan fingerprint density at radius 3 is 2.36 bits per heavy atom. The molecule has 1 aromatic heterocycles. The maximum Gasteiger partial charge on any atom is 0.242 e. The zero-order valence-electron chi connectivity index (χ0n) is 15.0. The molecule has 0 bridgehead atoms. The molecule has 1 fully saturated rings. The van der Waals surface area contributed by atoms with E-state index in [1.807, 2.05) is 0 Å². The minimum absolute atomic E-state index is 0.0223. The molecule has 11 heteroatoms. The standard InChI is InChI=1S/C17H21FN4O4S2/c18-16-5-1-2-6-17(16)21-9-11-22(12-10-21)27(23,24)13-8-20-28(25,26)15-4-3-7-19-14-15/h1-7,14,20H,8-13H2. The van der Waals surface area contributed by atoms with Crippen LogP contribution in [0.25, 0.3) is 0 Å². The van der Waals surface area contributed by atoms with Crippen LogP contribution in [-0.2, 0) is 20.0 Å². The fourth-order valence-corrected chi connectivity index (χ4v) is 5.40. The first kappa shape index (κ1) is 20.6. The van der Waals surface area contributed by atoms with E-state index in [1.54, 1.807) is 23.1 Å². The lowest BCUT2D eigenvalue weighted by Gasteiger charge is -2.35. The lowest BCUT2D eigenvalue weighted by atomic mass is 10.2. The molecule has 2 heterocycles. The highest BCUT2D eigenvalue weighted by Gasteiger charge is 2.28. The Morgan fingerprint density at radius 2 is 1.71 bits per heavy atom. The number of piperazine rings is 1. The van der Waals surface area contributed by atoms with Crippen LogP contribution in [0.3, 0.4) is 0 Å². The number of aromatic nitrogens is 1. The van der Waals surface area contributed by atoms with Gasteiger partial charge in [0, 0.05) is 45.1 Å². The number of hydrogen-bond donors (Lipinski definition) is 1. The maximum absolute atomic E-state index is 13.9. The van der Waals surface area contributed by atoms with E-state index in [2.05, 4.69) is 9.71 Å². The molecule has 3 rings (SSSR count). The number of pyridine rings is 1. The number of nitrogens with zero attached hydrogens (tertiary/aromatic N) is 3. The smallest absolute Gasteiger partial charge is 0.242 e. The molecule has 0 unspecified atom stereocenters. The van der Waals surface area contributed by atoms with Gasteiger partial charge in [-0.1, -0.05) is 12.1 Å². The molecule has 0 saturated carbocycles. The molecule has 2 aromatic rings. The summed E-state index contributed by atoms with van der Waals surface area (Å²) in [6.07, 6.45) is 2.64. The fraction of sp³-hybridized carbons (Fsp3) is 0.353. The minimum atomic E-state index is -3.81. The third-order valence-electron chi connectivity index (χ3n) is 4.42. The quantitative estimate of drug-likeness (QED) is 0.695. The van der Waals surface area contributed by atoms with Crippen LogP contribution in [0.1, 0.15) is 0 Å². The molecule has 28 heavy (non-hydrogen) atoms. The van der Waals surface area contributed by atoms with Crippen molar-refractivity contribution in [2.75, 3.05) is 43.4 Å². The first-order valence-electron chi connectivity index (χ1n) is 8.66. The third-order valence-corrected chi connectivity index (χ3v) is 7.74. The maximum atomic E-state index is 13.9. The number of anilines is 1. The van der Waals surface area contributed by atoms with Crippen molar-refractivity contribution in [2.45, 2.75) is 4.90 Å². The van der Waals surface area contributed by atoms with Crippen molar-refractivity contribution in [2.24, 2.45) is 0 Å². The number of sulfonamides is 2. The molecular weight excluding hydrogens is 407 g/mol. The molecular formula is C17H21FN4O4S2. The Bertz CT molecular complexity index is 1010. The average molecular weight is 429 g/mol. The largest absolute Gasteiger partial charge is 0.367 e. The molecule has 8 nitrogen and oxygen atoms in total. The number of para-hydroxylation sites is 1. The van der Waals surface area contributed by atoms with Gasteiger partial charge in [-0.05, 0) is 24.3 Å². The SMILES string of the molecule is O=S(=O)(NCCS(=O)(=O)N1CCN(c2ccccc2F)CC1)c1cccnc1. The lowest BCUT2D eigenvalue weighted by Crippen LogP contribution is -2.50. The van der Waals surface area contributed by atoms with Crippen molar-refractivity contribution in [1.82, 2.24) is 14.0 Å². The molecule has 0 aliphatic carbocycles. The number of nitrogens with one attached hydrogen (secondary N) is 1. The molecule has 1 aliphatic heterocycles. The van der Waals surface area contributed by atoms with Gasteiger partial charge in [0.15, 0.2) is 0 Å². The van der Waals surface area contributed by atoms with E-state index >= 15 is 0 Å². The highest BCUT2D eigenvalue weighted by atomic mass is 32.2. The molecule has 1 N–H and O–H groups in total. The lowest BCUT2D eigenvalue weighted by molar-refractivity contribution is 0.383. The highest BCUT2D eigenvalue weighted by Crippen LogP contribution is 2.21. The monoisotopic (exact) mass is 428 g/mol. The van der Waals surface area contributed by atoms with E-state index in [0.29, 0.717) is 18.8 Å². The molecule has 152 valence electrons. The van der Waals surface area contributed by atoms with Crippen LogP contribution in [0.2, 0.25) is 0 Å². The van der Waals surface area contributed by atoms with Crippen LogP contribution in [0.4, 0.5) is 10.1 Å². The molecule has 1 aromatic carbocycles. The predicted molar refractivity (Wildman–Crippen MR) is 103 cm³/mol. The summed E-state index contributed by atoms with van der Waals surface area (Å²) in [7, 11) is -7.44. The van der Waals surface area contributed by atoms with E-state index in [-0.39, 0.29) is 36.1 Å². The van der Waals surface area contributed by atoms with Crippen LogP contribution in [0.5, 0.6) is 0 Å². The normalized spacial score (nSPS) is 16.2. The summed E-state index contributed by atoms with van der Waals surface area (Å²) in [6, 6.07) is 9.23. The summed E-state index contributed by atoms with van der Waals surface area (Å²) in [4.78, 5) is 5.52. The van der Waals surface area contributed by atoms with Crippen molar-refractivity contribution < 1.29 is 21.2 Å². The second kappa shape index (κ2) is 8.52. The fourth-order valence-electron chi connectivity index (χ4n) is 2.94. The first-order valence-corrected chi connectivity index (χ1v) is 11.8. The van der Waals surface area contributed by atoms with Gasteiger partial charge in [0.2, 0.25) is 20.0 Å². The summed E-state index contributed by atoms with van der Waals surface area (Å²) in [5, 5.41) is 0. The number of halogens is 1. The molecule has 1 saturated heterocycles. The van der Waals surface area contributed by atoms with Gasteiger partial charge >= 0.3 is 0 Å². The summed E-state index contributed by atoms with van der Waals surface area (Å²) >= 11 is 0. The third kappa shape index (κ3) is 4.85. The Labute approximate surface area is 164 Å². The van der Waals surface area contributed by atoms with Gasteiger partial charge in [-0.2, -0.15) is 4.31 Å². The zero-order valence-corrected chi connectivity index (χ0v) is 16.7. The average Bonchev–Trinajstić information content (AvgIpc) is 2.69. The van der Waals surface area contributed by atoms with Crippen LogP contribution in [0.15, 0.2) is 53.7 Å². The summed E-state index contributed by atoms with van der Waals surface area (Å²) in [5.41, 5.74) is 0.448. The summed E-state index contributed by atoms with van der Waals surface area (Å²) in [6.45, 7) is 0.911. The number of rotatable bonds is 7. The van der Waals surface area contributed by atoms with E-state index in [4.69, 9.17) is 0 Å². The van der Waals surface area contributed by atoms with Crippen LogP contribution >= 0.6 is 0 Å². The van der Waals surface area contributed by atoms with Crippen molar-refractivity contribution in [3.63, 3.8) is 0 Å². The second-order valence-electron chi connectivity index (χ2n) is 6.24. The molecule has 0 atom stereocenters. The van der Waals surface area contributed by atoms with Gasteiger partial charge in [0.1, 0.15) is 10.7 Å². The van der Waals surface area contributed by atoms with Gasteiger partial charge in [0.05, 0.1) is 11.4 Å². The highest BCUT2D eigenvalue weighted by molar-refractivity contribution is 7.90. The molecule has 0 radical (unpaired) electrons. The molecule has 0 spiro atoms. The zero-order chi connectivity index (χ0) is 20.2. The van der Waals surface area contributed by atoms with Crippen molar-refractivity contribution >= 4 is 25.7 Å². The molecule has 1 aliphatic rings. The topological polar surface area (TPSA) is 99.7 Å². The van der Waals surface area contributed by atoms with E-state index in [9.17, 15) is 21.2 Å². The Kier molecular flexibility index (Phi) is 6.28. The molecule has 0 amide bonds. The Morgan fingerprint density at radius 1 is 1.00 bits per heavy atom. The van der Waals surface area contributed by atoms with Crippen LogP contribution in [-0.4, -0.2) is 64.6 Å². The van der Waals surface area contributed by atoms with Gasteiger partial charge in [-0.25, -0.2) is 25.9 Å². The van der Waals surface area contributed by atoms with E-state index < -0.39 is 20.0 Å². The van der Waals surface area contributed by atoms with Gasteiger partial charge in [-0.3, -0.25) is 4.98 Å². The number of benzene rings is 1. The van der Waals surface area contributed by atoms with Crippen molar-refractivity contribution in [3.05, 3.63) is 54.6 Å². The van der Waals surface area contributed by atoms with Crippen LogP contribution in [0, 0.1) is 5.82 Å². The summed E-state index contributed by atoms with van der Waals surface area (Å²) < 4.78 is 66.7. The Hall–Kier alpha value is -2.08. The summed E-state index contributed by atoms with van der Waals surface area (Å²) in [5.74, 6) is -0.699. The van der Waals surface area contributed by atoms with Gasteiger partial charge in [0.25, 0.3) is 0 Å². The predicted octanol–water partition coefficient (Wildman–Crippen LogP) is 0.651. The minimum Gasteiger partial charge on any atom is -0.367 e. The van der Waals surface area contributed by atoms with Gasteiger partial charge in [-0.15, -0.1) is 0 Å². The second-order valence-corrected chi connectivity index (χ2v) is 10.1. The first-order chi connectivity index (χ1) is 13.3. The van der Waals surface area contributed by atoms with Crippen molar-refractivity contribution in [3.8, 4) is 0 Å². The van der Waals surface area contributed by atoms with E-state index in [0.717, 1.165) is 0 Å². The van der Waals surface area contributed by atoms with Crippen molar-refractivity contribution in [1.29, 1.82) is 0 Å². The Balaban J connectivity index is 1.54. The van der Waals surface area contributed by atoms with E-state index in [1.165, 1.54) is 34.9 Å².